The number of nitrogens with zero attached hydrogens (tertiary/aromatic N) is 5. The molecule has 0 bridgehead atoms. The van der Waals surface area contributed by atoms with Gasteiger partial charge in [0.25, 0.3) is 0 Å². The second-order valence-electron chi connectivity index (χ2n) is 8.34. The Kier molecular flexibility index (Phi) is 5.26. The van der Waals surface area contributed by atoms with Crippen LogP contribution in [0.2, 0.25) is 0 Å². The molecule has 1 aliphatic carbocycles. The number of aromatic nitrogens is 5. The minimum atomic E-state index is -0.806. The Hall–Kier alpha value is -2.00. The quantitative estimate of drug-likeness (QED) is 0.477. The number of hydrogen-bond acceptors (Lipinski definition) is 7. The number of alkyl halides is 1. The number of fused-ring (bicyclic) bond motifs is 2. The van der Waals surface area contributed by atoms with Crippen LogP contribution in [0.5, 0.6) is 0 Å². The summed E-state index contributed by atoms with van der Waals surface area (Å²) in [5.41, 5.74) is 2.67. The third-order valence-electron chi connectivity index (χ3n) is 6.56. The van der Waals surface area contributed by atoms with E-state index in [-0.39, 0.29) is 12.1 Å². The lowest BCUT2D eigenvalue weighted by Crippen LogP contribution is -2.31. The maximum atomic E-state index is 13.7. The number of rotatable bonds is 5. The van der Waals surface area contributed by atoms with Crippen LogP contribution in [-0.4, -0.2) is 49.9 Å². The Labute approximate surface area is 179 Å². The first-order valence-corrected chi connectivity index (χ1v) is 12.0. The molecular formula is C21H27FN6OS. The fourth-order valence-electron chi connectivity index (χ4n) is 4.82. The highest BCUT2D eigenvalue weighted by Crippen LogP contribution is 2.39. The van der Waals surface area contributed by atoms with Gasteiger partial charge in [0.15, 0.2) is 17.2 Å². The molecule has 0 aromatic carbocycles. The van der Waals surface area contributed by atoms with Crippen LogP contribution in [0.4, 0.5) is 4.39 Å². The van der Waals surface area contributed by atoms with Crippen molar-refractivity contribution in [1.82, 2.24) is 30.2 Å². The summed E-state index contributed by atoms with van der Waals surface area (Å²) >= 11 is 1.57. The van der Waals surface area contributed by atoms with Gasteiger partial charge in [-0.25, -0.2) is 19.0 Å². The Morgan fingerprint density at radius 2 is 2.27 bits per heavy atom. The normalized spacial score (nSPS) is 25.0. The van der Waals surface area contributed by atoms with Crippen LogP contribution in [0.25, 0.3) is 22.6 Å². The Morgan fingerprint density at radius 3 is 3.00 bits per heavy atom. The molecule has 1 saturated heterocycles. The van der Waals surface area contributed by atoms with Gasteiger partial charge in [-0.15, -0.1) is 11.8 Å². The maximum absolute atomic E-state index is 13.7. The van der Waals surface area contributed by atoms with E-state index < -0.39 is 6.17 Å². The molecule has 5 rings (SSSR count). The summed E-state index contributed by atoms with van der Waals surface area (Å²) in [5, 5.41) is 14.1. The fraction of sp³-hybridized carbons (Fsp3) is 0.619. The van der Waals surface area contributed by atoms with Crippen LogP contribution in [0.1, 0.15) is 62.8 Å². The van der Waals surface area contributed by atoms with Crippen molar-refractivity contribution in [3.05, 3.63) is 17.5 Å². The van der Waals surface area contributed by atoms with E-state index in [2.05, 4.69) is 29.4 Å². The summed E-state index contributed by atoms with van der Waals surface area (Å²) in [6.45, 7) is 4.65. The molecule has 1 fully saturated rings. The number of hydrogen-bond donors (Lipinski definition) is 1. The molecule has 9 heteroatoms. The monoisotopic (exact) mass is 430 g/mol. The molecule has 3 aromatic heterocycles. The van der Waals surface area contributed by atoms with Gasteiger partial charge in [0, 0.05) is 24.1 Å². The van der Waals surface area contributed by atoms with Crippen molar-refractivity contribution in [3.63, 3.8) is 0 Å². The average Bonchev–Trinajstić information content (AvgIpc) is 3.49. The predicted molar refractivity (Wildman–Crippen MR) is 115 cm³/mol. The lowest BCUT2D eigenvalue weighted by atomic mass is 9.86. The van der Waals surface area contributed by atoms with Crippen molar-refractivity contribution in [3.8, 4) is 11.5 Å². The zero-order chi connectivity index (χ0) is 20.8. The third kappa shape index (κ3) is 3.22. The topological polar surface area (TPSA) is 81.7 Å². The molecule has 0 saturated carbocycles. The lowest BCUT2D eigenvalue weighted by molar-refractivity contribution is 0.332. The number of halogens is 1. The van der Waals surface area contributed by atoms with Crippen molar-refractivity contribution in [2.24, 2.45) is 0 Å². The van der Waals surface area contributed by atoms with Crippen LogP contribution in [-0.2, 0) is 6.42 Å². The summed E-state index contributed by atoms with van der Waals surface area (Å²) in [7, 11) is 0. The molecule has 0 radical (unpaired) electrons. The summed E-state index contributed by atoms with van der Waals surface area (Å²) < 4.78 is 21.4. The summed E-state index contributed by atoms with van der Waals surface area (Å²) in [5.74, 6) is 2.01. The van der Waals surface area contributed by atoms with E-state index in [1.807, 2.05) is 17.1 Å². The minimum absolute atomic E-state index is 0.0172. The molecule has 7 nitrogen and oxygen atoms in total. The standard InChI is InChI=1S/C21H27FN6OS/c1-4-12-6-5-7-14-17(27-29-18(12)14)19-25-20-15(21(26-19)30-3)10-24-28(20)11(2)16-8-13(22)9-23-16/h10-13,16,23H,4-9H2,1-3H3/t11-,12+,13+,16-/m0/s1. The van der Waals surface area contributed by atoms with Crippen LogP contribution in [0, 0.1) is 0 Å². The molecule has 1 N–H and O–H groups in total. The van der Waals surface area contributed by atoms with Gasteiger partial charge in [0.1, 0.15) is 17.0 Å². The van der Waals surface area contributed by atoms with E-state index in [0.29, 0.717) is 24.7 Å². The molecule has 1 aliphatic heterocycles. The van der Waals surface area contributed by atoms with E-state index in [0.717, 1.165) is 58.8 Å². The van der Waals surface area contributed by atoms with E-state index in [1.54, 1.807) is 11.8 Å². The van der Waals surface area contributed by atoms with Gasteiger partial charge in [-0.3, -0.25) is 0 Å². The second-order valence-corrected chi connectivity index (χ2v) is 9.14. The van der Waals surface area contributed by atoms with Crippen molar-refractivity contribution < 1.29 is 8.91 Å². The molecule has 30 heavy (non-hydrogen) atoms. The molecule has 4 heterocycles. The fourth-order valence-corrected chi connectivity index (χ4v) is 5.37. The Morgan fingerprint density at radius 1 is 1.40 bits per heavy atom. The van der Waals surface area contributed by atoms with E-state index in [4.69, 9.17) is 14.5 Å². The smallest absolute Gasteiger partial charge is 0.185 e. The SMILES string of the molecule is CC[C@@H]1CCCc2c(-c3nc(SC)c4cnn([C@@H](C)[C@@H]5C[C@@H](F)CN5)c4n3)noc21. The summed E-state index contributed by atoms with van der Waals surface area (Å²) in [6.07, 6.45) is 7.77. The van der Waals surface area contributed by atoms with Crippen molar-refractivity contribution in [2.45, 2.75) is 75.2 Å². The summed E-state index contributed by atoms with van der Waals surface area (Å²) in [4.78, 5) is 9.69. The molecule has 0 amide bonds. The molecule has 3 aromatic rings. The molecule has 160 valence electrons. The lowest BCUT2D eigenvalue weighted by Gasteiger charge is -2.20. The highest BCUT2D eigenvalue weighted by atomic mass is 32.2. The largest absolute Gasteiger partial charge is 0.360 e. The van der Waals surface area contributed by atoms with Crippen LogP contribution < -0.4 is 5.32 Å². The first-order chi connectivity index (χ1) is 14.6. The van der Waals surface area contributed by atoms with Crippen molar-refractivity contribution in [1.29, 1.82) is 0 Å². The maximum Gasteiger partial charge on any atom is 0.185 e. The van der Waals surface area contributed by atoms with E-state index in [9.17, 15) is 4.39 Å². The van der Waals surface area contributed by atoms with E-state index in [1.165, 1.54) is 0 Å². The Balaban J connectivity index is 1.60. The summed E-state index contributed by atoms with van der Waals surface area (Å²) in [6, 6.07) is 0.0146. The highest BCUT2D eigenvalue weighted by molar-refractivity contribution is 7.98. The second kappa shape index (κ2) is 7.92. The Bertz CT molecular complexity index is 1070. The number of nitrogens with one attached hydrogen (secondary N) is 1. The zero-order valence-electron chi connectivity index (χ0n) is 17.6. The van der Waals surface area contributed by atoms with Crippen LogP contribution in [0.3, 0.4) is 0 Å². The molecule has 0 spiro atoms. The van der Waals surface area contributed by atoms with Gasteiger partial charge < -0.3 is 9.84 Å². The van der Waals surface area contributed by atoms with Crippen molar-refractivity contribution in [2.75, 3.05) is 12.8 Å². The molecular weight excluding hydrogens is 403 g/mol. The van der Waals surface area contributed by atoms with Gasteiger partial charge in [-0.1, -0.05) is 12.1 Å². The first-order valence-electron chi connectivity index (χ1n) is 10.8. The third-order valence-corrected chi connectivity index (χ3v) is 7.26. The van der Waals surface area contributed by atoms with Gasteiger partial charge in [0.2, 0.25) is 0 Å². The molecule has 4 atom stereocenters. The predicted octanol–water partition coefficient (Wildman–Crippen LogP) is 4.29. The highest BCUT2D eigenvalue weighted by Gasteiger charge is 2.32. The molecule has 0 unspecified atom stereocenters. The van der Waals surface area contributed by atoms with Gasteiger partial charge in [-0.2, -0.15) is 5.10 Å². The van der Waals surface area contributed by atoms with Gasteiger partial charge in [-0.05, 0) is 45.3 Å². The van der Waals surface area contributed by atoms with Crippen LogP contribution >= 0.6 is 11.8 Å². The van der Waals surface area contributed by atoms with Gasteiger partial charge >= 0.3 is 0 Å². The van der Waals surface area contributed by atoms with Gasteiger partial charge in [0.05, 0.1) is 17.6 Å². The van der Waals surface area contributed by atoms with Crippen LogP contribution in [0.15, 0.2) is 15.7 Å². The number of thioether (sulfide) groups is 1. The zero-order valence-corrected chi connectivity index (χ0v) is 18.4. The van der Waals surface area contributed by atoms with Crippen molar-refractivity contribution >= 4 is 22.8 Å². The molecule has 2 aliphatic rings. The average molecular weight is 431 g/mol. The minimum Gasteiger partial charge on any atom is -0.360 e. The first kappa shape index (κ1) is 19.9. The van der Waals surface area contributed by atoms with E-state index >= 15 is 0 Å².